The summed E-state index contributed by atoms with van der Waals surface area (Å²) in [5, 5.41) is 13.7. The molecule has 5 heteroatoms. The van der Waals surface area contributed by atoms with Crippen molar-refractivity contribution in [2.24, 2.45) is 0 Å². The van der Waals surface area contributed by atoms with Gasteiger partial charge in [-0.2, -0.15) is 0 Å². The fourth-order valence-electron chi connectivity index (χ4n) is 1.19. The van der Waals surface area contributed by atoms with Crippen molar-refractivity contribution >= 4 is 11.5 Å². The van der Waals surface area contributed by atoms with Crippen LogP contribution in [0.25, 0.3) is 0 Å². The zero-order chi connectivity index (χ0) is 13.5. The van der Waals surface area contributed by atoms with Crippen LogP contribution in [0.1, 0.15) is 13.8 Å². The maximum absolute atomic E-state index is 10.8. The summed E-state index contributed by atoms with van der Waals surface area (Å²) in [7, 11) is 0. The number of aromatic nitrogens is 1. The Bertz CT molecular complexity index is 515. The Morgan fingerprint density at radius 2 is 2.22 bits per heavy atom. The van der Waals surface area contributed by atoms with Gasteiger partial charge in [0.15, 0.2) is 0 Å². The molecular weight excluding hydrogens is 230 g/mol. The highest BCUT2D eigenvalue weighted by atomic mass is 16.6. The van der Waals surface area contributed by atoms with Crippen molar-refractivity contribution in [3.63, 3.8) is 0 Å². The van der Waals surface area contributed by atoms with Gasteiger partial charge in [0.2, 0.25) is 5.82 Å². The first kappa shape index (κ1) is 13.6. The van der Waals surface area contributed by atoms with Crippen LogP contribution in [0, 0.1) is 10.1 Å². The largest absolute Gasteiger partial charge is 0.334 e. The molecule has 0 aliphatic carbocycles. The van der Waals surface area contributed by atoms with Crippen LogP contribution in [0.3, 0.4) is 0 Å². The molecule has 0 radical (unpaired) electrons. The predicted molar refractivity (Wildman–Crippen MR) is 72.2 cm³/mol. The molecule has 0 unspecified atom stereocenters. The topological polar surface area (TPSA) is 68.1 Å². The number of nitrogens with zero attached hydrogens (tertiary/aromatic N) is 2. The Hall–Kier alpha value is -2.43. The van der Waals surface area contributed by atoms with Crippen LogP contribution in [-0.2, 0) is 0 Å². The maximum atomic E-state index is 10.8. The average Bonchev–Trinajstić information content (AvgIpc) is 2.34. The van der Waals surface area contributed by atoms with E-state index < -0.39 is 4.92 Å². The van der Waals surface area contributed by atoms with Crippen molar-refractivity contribution in [3.8, 4) is 0 Å². The van der Waals surface area contributed by atoms with E-state index in [2.05, 4.69) is 16.9 Å². The molecule has 1 aromatic rings. The number of allylic oxidation sites excluding steroid dienone is 4. The lowest BCUT2D eigenvalue weighted by Gasteiger charge is -2.05. The third-order valence-corrected chi connectivity index (χ3v) is 2.06. The fourth-order valence-corrected chi connectivity index (χ4v) is 1.19. The van der Waals surface area contributed by atoms with Gasteiger partial charge in [0.25, 0.3) is 0 Å². The van der Waals surface area contributed by atoms with E-state index in [4.69, 9.17) is 0 Å². The number of nitro groups is 1. The zero-order valence-corrected chi connectivity index (χ0v) is 10.4. The van der Waals surface area contributed by atoms with E-state index in [0.29, 0.717) is 5.70 Å². The van der Waals surface area contributed by atoms with Gasteiger partial charge in [-0.25, -0.2) is 4.98 Å². The van der Waals surface area contributed by atoms with Crippen molar-refractivity contribution in [1.29, 1.82) is 0 Å². The Morgan fingerprint density at radius 1 is 1.50 bits per heavy atom. The number of anilines is 1. The summed E-state index contributed by atoms with van der Waals surface area (Å²) in [5.74, 6) is 0.204. The number of nitrogens with one attached hydrogen (secondary N) is 1. The molecule has 1 aromatic heterocycles. The van der Waals surface area contributed by atoms with Gasteiger partial charge in [-0.3, -0.25) is 10.1 Å². The van der Waals surface area contributed by atoms with E-state index >= 15 is 0 Å². The molecule has 5 nitrogen and oxygen atoms in total. The number of pyridine rings is 1. The highest BCUT2D eigenvalue weighted by Crippen LogP contribution is 2.21. The number of hydrogen-bond acceptors (Lipinski definition) is 4. The molecule has 1 N–H and O–H groups in total. The Balaban J connectivity index is 3.02. The molecule has 0 saturated carbocycles. The molecule has 1 heterocycles. The van der Waals surface area contributed by atoms with Crippen LogP contribution in [0.4, 0.5) is 11.5 Å². The number of hydrogen-bond donors (Lipinski definition) is 1. The molecule has 0 aliphatic heterocycles. The summed E-state index contributed by atoms with van der Waals surface area (Å²) in [5.41, 5.74) is 1.70. The molecule has 94 valence electrons. The molecule has 0 saturated heterocycles. The smallest absolute Gasteiger partial charge is 0.311 e. The molecule has 18 heavy (non-hydrogen) atoms. The first-order valence-corrected chi connectivity index (χ1v) is 5.38. The van der Waals surface area contributed by atoms with E-state index in [1.54, 1.807) is 12.2 Å². The van der Waals surface area contributed by atoms with Crippen LogP contribution in [0.5, 0.6) is 0 Å². The van der Waals surface area contributed by atoms with Crippen LogP contribution < -0.4 is 5.32 Å². The summed E-state index contributed by atoms with van der Waals surface area (Å²) in [6.45, 7) is 7.57. The van der Waals surface area contributed by atoms with Gasteiger partial charge in [0.05, 0.1) is 4.92 Å². The highest BCUT2D eigenvalue weighted by molar-refractivity contribution is 5.59. The van der Waals surface area contributed by atoms with E-state index in [1.807, 2.05) is 19.9 Å². The normalized spacial score (nSPS) is 10.7. The van der Waals surface area contributed by atoms with E-state index in [1.165, 1.54) is 18.3 Å². The lowest BCUT2D eigenvalue weighted by Crippen LogP contribution is -2.02. The van der Waals surface area contributed by atoms with Gasteiger partial charge >= 0.3 is 5.69 Å². The van der Waals surface area contributed by atoms with Crippen molar-refractivity contribution in [2.75, 3.05) is 5.32 Å². The second kappa shape index (κ2) is 6.34. The van der Waals surface area contributed by atoms with E-state index in [9.17, 15) is 10.1 Å². The average molecular weight is 245 g/mol. The molecule has 0 amide bonds. The van der Waals surface area contributed by atoms with Gasteiger partial charge in [-0.15, -0.1) is 0 Å². The van der Waals surface area contributed by atoms with Gasteiger partial charge in [0.1, 0.15) is 0 Å². The van der Waals surface area contributed by atoms with Crippen molar-refractivity contribution in [2.45, 2.75) is 13.8 Å². The lowest BCUT2D eigenvalue weighted by molar-refractivity contribution is -0.384. The van der Waals surface area contributed by atoms with Crippen LogP contribution in [0.2, 0.25) is 0 Å². The SMILES string of the molecule is C=C/C(=C\C=C(C)C)Nc1ncccc1[N+](=O)[O-]. The monoisotopic (exact) mass is 245 g/mol. The lowest BCUT2D eigenvalue weighted by atomic mass is 10.2. The van der Waals surface area contributed by atoms with Gasteiger partial charge in [0, 0.05) is 18.0 Å². The molecule has 0 spiro atoms. The van der Waals surface area contributed by atoms with E-state index in [-0.39, 0.29) is 11.5 Å². The van der Waals surface area contributed by atoms with Crippen LogP contribution >= 0.6 is 0 Å². The molecule has 0 aliphatic rings. The molecule has 1 rings (SSSR count). The standard InChI is InChI=1S/C13H15N3O2/c1-4-11(8-7-10(2)3)15-13-12(16(17)18)6-5-9-14-13/h4-9H,1H2,2-3H3,(H,14,15)/b11-8+. The molecule has 0 aromatic carbocycles. The molecule has 0 atom stereocenters. The zero-order valence-electron chi connectivity index (χ0n) is 10.4. The minimum Gasteiger partial charge on any atom is -0.334 e. The summed E-state index contributed by atoms with van der Waals surface area (Å²) in [4.78, 5) is 14.3. The highest BCUT2D eigenvalue weighted by Gasteiger charge is 2.13. The summed E-state index contributed by atoms with van der Waals surface area (Å²) < 4.78 is 0. The van der Waals surface area contributed by atoms with Crippen LogP contribution in [0.15, 0.2) is 54.4 Å². The quantitative estimate of drug-likeness (QED) is 0.490. The number of rotatable bonds is 5. The first-order chi connectivity index (χ1) is 8.54. The maximum Gasteiger partial charge on any atom is 0.311 e. The predicted octanol–water partition coefficient (Wildman–Crippen LogP) is 3.44. The summed E-state index contributed by atoms with van der Waals surface area (Å²) in [6, 6.07) is 2.92. The summed E-state index contributed by atoms with van der Waals surface area (Å²) in [6.07, 6.45) is 6.76. The van der Waals surface area contributed by atoms with Gasteiger partial charge in [-0.05, 0) is 32.1 Å². The minimum atomic E-state index is -0.475. The third kappa shape index (κ3) is 3.86. The third-order valence-electron chi connectivity index (χ3n) is 2.06. The second-order valence-electron chi connectivity index (χ2n) is 3.82. The van der Waals surface area contributed by atoms with Crippen LogP contribution in [-0.4, -0.2) is 9.91 Å². The fraction of sp³-hybridized carbons (Fsp3) is 0.154. The minimum absolute atomic E-state index is 0.0672. The second-order valence-corrected chi connectivity index (χ2v) is 3.82. The molecular formula is C13H15N3O2. The Labute approximate surface area is 106 Å². The molecule has 0 fully saturated rings. The van der Waals surface area contributed by atoms with Crippen molar-refractivity contribution in [1.82, 2.24) is 4.98 Å². The van der Waals surface area contributed by atoms with Gasteiger partial charge < -0.3 is 5.32 Å². The van der Waals surface area contributed by atoms with Crippen molar-refractivity contribution in [3.05, 3.63) is 64.5 Å². The Kier molecular flexibility index (Phi) is 4.80. The Morgan fingerprint density at radius 3 is 2.78 bits per heavy atom. The van der Waals surface area contributed by atoms with Crippen molar-refractivity contribution < 1.29 is 4.92 Å². The molecule has 0 bridgehead atoms. The first-order valence-electron chi connectivity index (χ1n) is 5.38. The van der Waals surface area contributed by atoms with Gasteiger partial charge in [-0.1, -0.05) is 18.2 Å². The van der Waals surface area contributed by atoms with E-state index in [0.717, 1.165) is 5.57 Å². The summed E-state index contributed by atoms with van der Waals surface area (Å²) >= 11 is 0.